The predicted molar refractivity (Wildman–Crippen MR) is 134 cm³/mol. The summed E-state index contributed by atoms with van der Waals surface area (Å²) in [7, 11) is 0. The van der Waals surface area contributed by atoms with Crippen LogP contribution in [0.5, 0.6) is 0 Å². The minimum atomic E-state index is -0.510. The fraction of sp³-hybridized carbons (Fsp3) is 0.269. The molecule has 0 saturated carbocycles. The van der Waals surface area contributed by atoms with Crippen LogP contribution < -0.4 is 10.2 Å². The summed E-state index contributed by atoms with van der Waals surface area (Å²) in [6.45, 7) is 9.74. The number of hydrogen-bond donors (Lipinski definition) is 1. The zero-order chi connectivity index (χ0) is 24.1. The van der Waals surface area contributed by atoms with Crippen LogP contribution in [-0.4, -0.2) is 16.8 Å². The first-order chi connectivity index (χ1) is 15.7. The molecule has 0 atom stereocenters. The van der Waals surface area contributed by atoms with E-state index in [1.54, 1.807) is 23.6 Å². The molecule has 2 aromatic carbocycles. The third-order valence-electron chi connectivity index (χ3n) is 5.14. The molecule has 0 saturated heterocycles. The number of aromatic nitrogens is 1. The van der Waals surface area contributed by atoms with E-state index in [2.05, 4.69) is 38.0 Å². The first-order valence-electron chi connectivity index (χ1n) is 10.8. The van der Waals surface area contributed by atoms with Gasteiger partial charge in [0.1, 0.15) is 5.82 Å². The molecule has 172 valence electrons. The quantitative estimate of drug-likeness (QED) is 0.388. The summed E-state index contributed by atoms with van der Waals surface area (Å²) in [5.41, 5.74) is 3.66. The number of thiazole rings is 1. The molecular formula is C26H28FN3O2S. The first-order valence-corrected chi connectivity index (χ1v) is 11.7. The molecule has 0 bridgehead atoms. The fourth-order valence-corrected chi connectivity index (χ4v) is 4.37. The molecule has 0 radical (unpaired) electrons. The Morgan fingerprint density at radius 3 is 2.24 bits per heavy atom. The number of amides is 2. The predicted octanol–water partition coefficient (Wildman–Crippen LogP) is 6.87. The highest BCUT2D eigenvalue weighted by atomic mass is 32.1. The van der Waals surface area contributed by atoms with Crippen molar-refractivity contribution in [3.63, 3.8) is 0 Å². The van der Waals surface area contributed by atoms with E-state index in [1.807, 2.05) is 18.2 Å². The number of rotatable bonds is 7. The van der Waals surface area contributed by atoms with Crippen LogP contribution in [0.2, 0.25) is 0 Å². The number of anilines is 3. The highest BCUT2D eigenvalue weighted by Crippen LogP contribution is 2.33. The number of nitrogens with zero attached hydrogens (tertiary/aromatic N) is 2. The number of benzene rings is 2. The molecule has 0 fully saturated rings. The summed E-state index contributed by atoms with van der Waals surface area (Å²) >= 11 is 1.20. The lowest BCUT2D eigenvalue weighted by Gasteiger charge is -2.19. The molecular weight excluding hydrogens is 437 g/mol. The van der Waals surface area contributed by atoms with Gasteiger partial charge in [0.2, 0.25) is 11.8 Å². The van der Waals surface area contributed by atoms with Gasteiger partial charge in [0.25, 0.3) is 0 Å². The van der Waals surface area contributed by atoms with E-state index in [-0.39, 0.29) is 29.3 Å². The zero-order valence-corrected chi connectivity index (χ0v) is 20.2. The van der Waals surface area contributed by atoms with Crippen LogP contribution in [0.3, 0.4) is 0 Å². The van der Waals surface area contributed by atoms with Crippen LogP contribution >= 0.6 is 11.3 Å². The highest BCUT2D eigenvalue weighted by Gasteiger charge is 2.20. The van der Waals surface area contributed by atoms with Crippen LogP contribution in [0.4, 0.5) is 20.9 Å². The number of carbonyl (C=O) groups excluding carboxylic acids is 2. The highest BCUT2D eigenvalue weighted by molar-refractivity contribution is 7.14. The molecule has 33 heavy (non-hydrogen) atoms. The van der Waals surface area contributed by atoms with Crippen molar-refractivity contribution >= 4 is 45.7 Å². The Morgan fingerprint density at radius 2 is 1.67 bits per heavy atom. The van der Waals surface area contributed by atoms with Crippen molar-refractivity contribution in [3.05, 3.63) is 76.6 Å². The Kier molecular flexibility index (Phi) is 7.76. The van der Waals surface area contributed by atoms with Crippen LogP contribution in [0.15, 0.2) is 53.9 Å². The van der Waals surface area contributed by atoms with Crippen LogP contribution in [-0.2, 0) is 9.59 Å². The molecule has 0 unspecified atom stereocenters. The van der Waals surface area contributed by atoms with Crippen molar-refractivity contribution in [1.29, 1.82) is 0 Å². The van der Waals surface area contributed by atoms with Crippen LogP contribution in [0, 0.1) is 5.82 Å². The molecule has 0 aliphatic rings. The topological polar surface area (TPSA) is 62.3 Å². The summed E-state index contributed by atoms with van der Waals surface area (Å²) in [4.78, 5) is 30.5. The van der Waals surface area contributed by atoms with Gasteiger partial charge in [-0.2, -0.15) is 0 Å². The smallest absolute Gasteiger partial charge is 0.248 e. The maximum absolute atomic E-state index is 14.2. The van der Waals surface area contributed by atoms with E-state index >= 15 is 0 Å². The van der Waals surface area contributed by atoms with E-state index in [4.69, 9.17) is 0 Å². The Labute approximate surface area is 198 Å². The molecule has 1 aromatic heterocycles. The summed E-state index contributed by atoms with van der Waals surface area (Å²) in [5, 5.41) is 5.08. The Hall–Kier alpha value is -3.32. The summed E-state index contributed by atoms with van der Waals surface area (Å²) in [6.07, 6.45) is 3.00. The molecule has 1 N–H and O–H groups in total. The van der Waals surface area contributed by atoms with Crippen molar-refractivity contribution in [2.75, 3.05) is 10.2 Å². The number of halogens is 1. The first kappa shape index (κ1) is 24.3. The summed E-state index contributed by atoms with van der Waals surface area (Å²) < 4.78 is 14.2. The molecule has 7 heteroatoms. The number of nitrogens with one attached hydrogen (secondary N) is 1. The van der Waals surface area contributed by atoms with Crippen LogP contribution in [0.25, 0.3) is 6.08 Å². The minimum Gasteiger partial charge on any atom is -0.322 e. The molecule has 5 nitrogen and oxygen atoms in total. The SMILES string of the molecule is CC(=O)N(c1nc(/C=C/C(=O)Nc2c(C(C)C)cccc2C(C)C)cs1)c1ccccc1F. The molecule has 3 rings (SSSR count). The van der Waals surface area contributed by atoms with E-state index in [1.165, 1.54) is 41.4 Å². The van der Waals surface area contributed by atoms with Crippen molar-refractivity contribution in [2.45, 2.75) is 46.5 Å². The largest absolute Gasteiger partial charge is 0.322 e. The van der Waals surface area contributed by atoms with Gasteiger partial charge in [0, 0.05) is 24.1 Å². The van der Waals surface area contributed by atoms with Gasteiger partial charge in [-0.15, -0.1) is 11.3 Å². The molecule has 2 amide bonds. The number of hydrogen-bond acceptors (Lipinski definition) is 4. The fourth-order valence-electron chi connectivity index (χ4n) is 3.52. The maximum atomic E-state index is 14.2. The standard InChI is InChI=1S/C26H28FN3O2S/c1-16(2)20-9-8-10-21(17(3)4)25(20)29-24(32)14-13-19-15-33-26(28-19)30(18(5)31)23-12-7-6-11-22(23)27/h6-17H,1-5H3,(H,29,32)/b14-13+. The third kappa shape index (κ3) is 5.73. The normalized spacial score (nSPS) is 11.4. The van der Waals surface area contributed by atoms with Crippen molar-refractivity contribution in [2.24, 2.45) is 0 Å². The Morgan fingerprint density at radius 1 is 1.03 bits per heavy atom. The number of carbonyl (C=O) groups is 2. The van der Waals surface area contributed by atoms with E-state index in [0.717, 1.165) is 16.8 Å². The average molecular weight is 466 g/mol. The van der Waals surface area contributed by atoms with Gasteiger partial charge in [0.05, 0.1) is 11.4 Å². The van der Waals surface area contributed by atoms with E-state index < -0.39 is 5.82 Å². The lowest BCUT2D eigenvalue weighted by atomic mass is 9.92. The van der Waals surface area contributed by atoms with Crippen molar-refractivity contribution < 1.29 is 14.0 Å². The van der Waals surface area contributed by atoms with Gasteiger partial charge in [0.15, 0.2) is 5.13 Å². The second-order valence-corrected chi connectivity index (χ2v) is 9.14. The van der Waals surface area contributed by atoms with Crippen LogP contribution in [0.1, 0.15) is 63.3 Å². The summed E-state index contributed by atoms with van der Waals surface area (Å²) in [6, 6.07) is 12.1. The van der Waals surface area contributed by atoms with Crippen molar-refractivity contribution in [3.8, 4) is 0 Å². The van der Waals surface area contributed by atoms with Gasteiger partial charge in [-0.1, -0.05) is 58.0 Å². The molecule has 1 heterocycles. The van der Waals surface area contributed by atoms with E-state index in [9.17, 15) is 14.0 Å². The van der Waals surface area contributed by atoms with E-state index in [0.29, 0.717) is 10.8 Å². The monoisotopic (exact) mass is 465 g/mol. The Bertz CT molecular complexity index is 1160. The van der Waals surface area contributed by atoms with Crippen molar-refractivity contribution in [1.82, 2.24) is 4.98 Å². The lowest BCUT2D eigenvalue weighted by Crippen LogP contribution is -2.23. The second-order valence-electron chi connectivity index (χ2n) is 8.30. The van der Waals surface area contributed by atoms with Gasteiger partial charge < -0.3 is 5.32 Å². The zero-order valence-electron chi connectivity index (χ0n) is 19.4. The summed E-state index contributed by atoms with van der Waals surface area (Å²) in [5.74, 6) is -0.601. The lowest BCUT2D eigenvalue weighted by molar-refractivity contribution is -0.116. The molecule has 0 aliphatic heterocycles. The Balaban J connectivity index is 1.82. The molecule has 3 aromatic rings. The van der Waals surface area contributed by atoms with Gasteiger partial charge in [-0.25, -0.2) is 9.37 Å². The second kappa shape index (κ2) is 10.5. The number of para-hydroxylation sites is 2. The maximum Gasteiger partial charge on any atom is 0.248 e. The van der Waals surface area contributed by atoms with Gasteiger partial charge in [-0.05, 0) is 41.2 Å². The molecule has 0 aliphatic carbocycles. The third-order valence-corrected chi connectivity index (χ3v) is 5.98. The van der Waals surface area contributed by atoms with Gasteiger partial charge in [-0.3, -0.25) is 14.5 Å². The molecule has 0 spiro atoms. The van der Waals surface area contributed by atoms with Gasteiger partial charge >= 0.3 is 0 Å². The minimum absolute atomic E-state index is 0.138. The average Bonchev–Trinajstić information content (AvgIpc) is 3.22.